The molecule has 1 aromatic heterocycles. The number of amides is 3. The van der Waals surface area contributed by atoms with Crippen LogP contribution in [-0.2, 0) is 45.7 Å². The van der Waals surface area contributed by atoms with Crippen molar-refractivity contribution in [3.05, 3.63) is 88.6 Å². The quantitative estimate of drug-likeness (QED) is 0.457. The van der Waals surface area contributed by atoms with Crippen LogP contribution in [0.3, 0.4) is 0 Å². The Labute approximate surface area is 241 Å². The normalized spacial score (nSPS) is 19.3. The van der Waals surface area contributed by atoms with Crippen molar-refractivity contribution in [2.24, 2.45) is 5.41 Å². The fourth-order valence-electron chi connectivity index (χ4n) is 6.25. The van der Waals surface area contributed by atoms with Crippen LogP contribution in [0.4, 0.5) is 11.5 Å². The molecule has 2 aliphatic heterocycles. The van der Waals surface area contributed by atoms with Gasteiger partial charge < -0.3 is 15.5 Å². The summed E-state index contributed by atoms with van der Waals surface area (Å²) in [5, 5.41) is 5.95. The smallest absolute Gasteiger partial charge is 0.244 e. The van der Waals surface area contributed by atoms with Crippen LogP contribution in [0.5, 0.6) is 0 Å². The van der Waals surface area contributed by atoms with Crippen molar-refractivity contribution < 1.29 is 14.4 Å². The molecule has 1 fully saturated rings. The van der Waals surface area contributed by atoms with Gasteiger partial charge in [0.15, 0.2) is 0 Å². The Kier molecular flexibility index (Phi) is 6.90. The molecule has 41 heavy (non-hydrogen) atoms. The molecule has 8 heteroatoms. The number of rotatable bonds is 7. The van der Waals surface area contributed by atoms with Gasteiger partial charge in [-0.2, -0.15) is 0 Å². The molecule has 0 saturated carbocycles. The number of hydrogen-bond donors (Lipinski definition) is 2. The average Bonchev–Trinajstić information content (AvgIpc) is 3.42. The number of nitrogens with zero attached hydrogens (tertiary/aromatic N) is 3. The van der Waals surface area contributed by atoms with Gasteiger partial charge >= 0.3 is 0 Å². The van der Waals surface area contributed by atoms with E-state index in [-0.39, 0.29) is 24.3 Å². The van der Waals surface area contributed by atoms with Crippen LogP contribution in [0.25, 0.3) is 0 Å². The van der Waals surface area contributed by atoms with Crippen molar-refractivity contribution in [1.82, 2.24) is 14.8 Å². The molecule has 3 aliphatic rings. The predicted octanol–water partition coefficient (Wildman–Crippen LogP) is 4.29. The van der Waals surface area contributed by atoms with Crippen molar-refractivity contribution in [3.63, 3.8) is 0 Å². The topological polar surface area (TPSA) is 94.6 Å². The van der Waals surface area contributed by atoms with Gasteiger partial charge in [-0.3, -0.25) is 19.3 Å². The minimum atomic E-state index is -0.659. The minimum Gasteiger partial charge on any atom is -0.329 e. The highest BCUT2D eigenvalue weighted by Gasteiger charge is 2.51. The molecule has 1 unspecified atom stereocenters. The van der Waals surface area contributed by atoms with Crippen LogP contribution >= 0.6 is 0 Å². The van der Waals surface area contributed by atoms with Gasteiger partial charge in [0.1, 0.15) is 12.4 Å². The van der Waals surface area contributed by atoms with E-state index < -0.39 is 10.8 Å². The first-order valence-electron chi connectivity index (χ1n) is 14.4. The van der Waals surface area contributed by atoms with Crippen LogP contribution in [0.1, 0.15) is 55.0 Å². The van der Waals surface area contributed by atoms with Crippen LogP contribution in [0.15, 0.2) is 60.8 Å². The van der Waals surface area contributed by atoms with Crippen molar-refractivity contribution in [1.29, 1.82) is 0 Å². The van der Waals surface area contributed by atoms with Gasteiger partial charge in [-0.15, -0.1) is 0 Å². The lowest BCUT2D eigenvalue weighted by Gasteiger charge is -2.33. The SMILES string of the molecule is CC(C)(C)C(=O)N(CC(=O)Nc1ccc2c(c1)CC1(C2)C(=O)Nc2ncccc21)Cc1ccccc1CN1CCC1. The average molecular weight is 552 g/mol. The number of carbonyl (C=O) groups excluding carboxylic acids is 3. The zero-order valence-electron chi connectivity index (χ0n) is 24.0. The number of nitrogens with one attached hydrogen (secondary N) is 2. The first-order valence-corrected chi connectivity index (χ1v) is 14.4. The van der Waals surface area contributed by atoms with E-state index in [1.165, 1.54) is 12.0 Å². The summed E-state index contributed by atoms with van der Waals surface area (Å²) in [5.41, 5.74) is 4.71. The molecule has 212 valence electrons. The van der Waals surface area contributed by atoms with Gasteiger partial charge in [-0.05, 0) is 72.8 Å². The van der Waals surface area contributed by atoms with Crippen LogP contribution in [0.2, 0.25) is 0 Å². The molecule has 1 saturated heterocycles. The lowest BCUT2D eigenvalue weighted by molar-refractivity contribution is -0.142. The third kappa shape index (κ3) is 5.24. The molecular weight excluding hydrogens is 514 g/mol. The summed E-state index contributed by atoms with van der Waals surface area (Å²) < 4.78 is 0. The Balaban J connectivity index is 1.18. The number of benzene rings is 2. The highest BCUT2D eigenvalue weighted by Crippen LogP contribution is 2.46. The maximum absolute atomic E-state index is 13.5. The van der Waals surface area contributed by atoms with Crippen molar-refractivity contribution >= 4 is 29.2 Å². The molecule has 0 radical (unpaired) electrons. The highest BCUT2D eigenvalue weighted by atomic mass is 16.2. The first-order chi connectivity index (χ1) is 19.6. The van der Waals surface area contributed by atoms with Gasteiger partial charge in [-0.25, -0.2) is 4.98 Å². The third-order valence-electron chi connectivity index (χ3n) is 8.55. The Bertz CT molecular complexity index is 1520. The standard InChI is InChI=1S/C33H37N5O3/c1-32(2,3)31(41)38(20-24-9-5-4-8-23(24)19-37-14-7-15-37)21-28(39)35-26-12-11-22-17-33(18-25(22)16-26)27-10-6-13-34-29(27)36-30(33)40/h4-6,8-13,16H,7,14-15,17-21H2,1-3H3,(H,35,39)(H,34,36,40). The number of aromatic nitrogens is 1. The van der Waals surface area contributed by atoms with Gasteiger partial charge in [0.05, 0.1) is 5.41 Å². The maximum Gasteiger partial charge on any atom is 0.244 e. The molecule has 8 nitrogen and oxygen atoms in total. The number of hydrogen-bond acceptors (Lipinski definition) is 5. The van der Waals surface area contributed by atoms with Crippen molar-refractivity contribution in [2.45, 2.75) is 58.5 Å². The Morgan fingerprint density at radius 1 is 1.02 bits per heavy atom. The molecule has 3 amide bonds. The predicted molar refractivity (Wildman–Crippen MR) is 158 cm³/mol. The van der Waals surface area contributed by atoms with Crippen LogP contribution in [-0.4, -0.2) is 52.1 Å². The van der Waals surface area contributed by atoms with Gasteiger partial charge in [0.2, 0.25) is 17.7 Å². The Morgan fingerprint density at radius 2 is 1.78 bits per heavy atom. The summed E-state index contributed by atoms with van der Waals surface area (Å²) in [7, 11) is 0. The first kappa shape index (κ1) is 27.1. The molecule has 3 aromatic rings. The summed E-state index contributed by atoms with van der Waals surface area (Å²) in [5.74, 6) is 0.290. The lowest BCUT2D eigenvalue weighted by atomic mass is 9.79. The van der Waals surface area contributed by atoms with E-state index in [0.717, 1.165) is 41.9 Å². The molecule has 1 aliphatic carbocycles. The second kappa shape index (κ2) is 10.4. The summed E-state index contributed by atoms with van der Waals surface area (Å²) in [4.78, 5) is 48.3. The zero-order valence-corrected chi connectivity index (χ0v) is 24.0. The zero-order chi connectivity index (χ0) is 28.8. The number of likely N-dealkylation sites (tertiary alicyclic amines) is 1. The second-order valence-electron chi connectivity index (χ2n) is 12.6. The van der Waals surface area contributed by atoms with E-state index >= 15 is 0 Å². The van der Waals surface area contributed by atoms with Gasteiger partial charge in [0.25, 0.3) is 0 Å². The largest absolute Gasteiger partial charge is 0.329 e. The van der Waals surface area contributed by atoms with E-state index in [1.54, 1.807) is 11.1 Å². The summed E-state index contributed by atoms with van der Waals surface area (Å²) in [6, 6.07) is 17.9. The van der Waals surface area contributed by atoms with Gasteiger partial charge in [0, 0.05) is 36.0 Å². The fraction of sp³-hybridized carbons (Fsp3) is 0.394. The lowest BCUT2D eigenvalue weighted by Crippen LogP contribution is -2.43. The molecule has 2 N–H and O–H groups in total. The number of carbonyl (C=O) groups is 3. The van der Waals surface area contributed by atoms with E-state index in [1.807, 2.05) is 63.2 Å². The molecule has 2 aromatic carbocycles. The highest BCUT2D eigenvalue weighted by molar-refractivity contribution is 6.06. The number of pyridine rings is 1. The molecule has 0 bridgehead atoms. The molecule has 1 atom stereocenters. The summed E-state index contributed by atoms with van der Waals surface area (Å²) in [6.45, 7) is 9.03. The molecule has 1 spiro atoms. The minimum absolute atomic E-state index is 0.0290. The third-order valence-corrected chi connectivity index (χ3v) is 8.55. The van der Waals surface area contributed by atoms with Crippen LogP contribution < -0.4 is 10.6 Å². The molecule has 3 heterocycles. The molecular formula is C33H37N5O3. The van der Waals surface area contributed by atoms with Gasteiger partial charge in [-0.1, -0.05) is 57.2 Å². The molecule has 6 rings (SSSR count). The monoisotopic (exact) mass is 551 g/mol. The second-order valence-corrected chi connectivity index (χ2v) is 12.6. The number of anilines is 2. The van der Waals surface area contributed by atoms with E-state index in [2.05, 4.69) is 32.7 Å². The van der Waals surface area contributed by atoms with Crippen molar-refractivity contribution in [3.8, 4) is 0 Å². The van der Waals surface area contributed by atoms with E-state index in [9.17, 15) is 14.4 Å². The summed E-state index contributed by atoms with van der Waals surface area (Å²) in [6.07, 6.45) is 4.07. The van der Waals surface area contributed by atoms with Crippen LogP contribution in [0, 0.1) is 5.41 Å². The number of fused-ring (bicyclic) bond motifs is 3. The Morgan fingerprint density at radius 3 is 2.51 bits per heavy atom. The Hall–Kier alpha value is -4.04. The van der Waals surface area contributed by atoms with Crippen molar-refractivity contribution in [2.75, 3.05) is 30.3 Å². The van der Waals surface area contributed by atoms with E-state index in [4.69, 9.17) is 0 Å². The summed E-state index contributed by atoms with van der Waals surface area (Å²) >= 11 is 0. The fourth-order valence-corrected chi connectivity index (χ4v) is 6.25. The van der Waals surface area contributed by atoms with E-state index in [0.29, 0.717) is 30.9 Å². The maximum atomic E-state index is 13.5.